The summed E-state index contributed by atoms with van der Waals surface area (Å²) >= 11 is 0. The number of hydrogen-bond donors (Lipinski definition) is 1. The molecule has 0 aliphatic carbocycles. The monoisotopic (exact) mass is 459 g/mol. The van der Waals surface area contributed by atoms with Gasteiger partial charge in [-0.15, -0.1) is 0 Å². The average molecular weight is 460 g/mol. The highest BCUT2D eigenvalue weighted by Crippen LogP contribution is 2.45. The van der Waals surface area contributed by atoms with Crippen LogP contribution in [-0.2, 0) is 16.0 Å². The third-order valence-electron chi connectivity index (χ3n) is 5.93. The number of benzene rings is 3. The molecule has 0 fully saturated rings. The number of esters is 1. The molecule has 0 saturated heterocycles. The molecule has 178 valence electrons. The minimum Gasteiger partial charge on any atom is -0.483 e. The maximum absolute atomic E-state index is 12.9. The van der Waals surface area contributed by atoms with Crippen LogP contribution in [0.3, 0.4) is 0 Å². The molecule has 0 bridgehead atoms. The normalized spacial score (nSPS) is 18.6. The van der Waals surface area contributed by atoms with Gasteiger partial charge >= 0.3 is 5.97 Å². The quantitative estimate of drug-likeness (QED) is 0.410. The van der Waals surface area contributed by atoms with E-state index in [1.165, 1.54) is 11.1 Å². The van der Waals surface area contributed by atoms with Gasteiger partial charge in [0.25, 0.3) is 0 Å². The van der Waals surface area contributed by atoms with Gasteiger partial charge in [-0.2, -0.15) is 0 Å². The Morgan fingerprint density at radius 1 is 1.03 bits per heavy atom. The van der Waals surface area contributed by atoms with Gasteiger partial charge in [0.1, 0.15) is 17.5 Å². The van der Waals surface area contributed by atoms with Crippen LogP contribution in [-0.4, -0.2) is 23.8 Å². The molecule has 1 aliphatic heterocycles. The van der Waals surface area contributed by atoms with E-state index in [0.717, 1.165) is 17.0 Å². The number of nitrogens with one attached hydrogen (secondary N) is 1. The fourth-order valence-electron chi connectivity index (χ4n) is 4.15. The van der Waals surface area contributed by atoms with E-state index < -0.39 is 23.8 Å². The molecule has 5 heteroatoms. The van der Waals surface area contributed by atoms with E-state index in [4.69, 9.17) is 14.2 Å². The summed E-state index contributed by atoms with van der Waals surface area (Å²) in [6.45, 7) is 10.6. The van der Waals surface area contributed by atoms with Gasteiger partial charge in [-0.3, -0.25) is 0 Å². The summed E-state index contributed by atoms with van der Waals surface area (Å²) in [5, 5.41) is 3.49. The third kappa shape index (κ3) is 5.42. The first-order chi connectivity index (χ1) is 16.2. The molecule has 1 N–H and O–H groups in total. The highest BCUT2D eigenvalue weighted by atomic mass is 16.6. The number of fused-ring (bicyclic) bond motifs is 1. The van der Waals surface area contributed by atoms with E-state index in [9.17, 15) is 4.79 Å². The molecule has 0 aromatic heterocycles. The van der Waals surface area contributed by atoms with E-state index >= 15 is 0 Å². The molecule has 0 radical (unpaired) electrons. The number of anilines is 1. The molecule has 3 aromatic rings. The molecule has 34 heavy (non-hydrogen) atoms. The van der Waals surface area contributed by atoms with Crippen molar-refractivity contribution in [1.29, 1.82) is 0 Å². The van der Waals surface area contributed by atoms with Gasteiger partial charge in [0.05, 0.1) is 11.7 Å². The first-order valence-corrected chi connectivity index (χ1v) is 11.8. The minimum atomic E-state index is -0.770. The number of carbonyl (C=O) groups is 1. The number of aryl methyl sites for hydroxylation is 1. The maximum atomic E-state index is 12.9. The van der Waals surface area contributed by atoms with Crippen molar-refractivity contribution in [2.45, 2.75) is 65.1 Å². The van der Waals surface area contributed by atoms with Crippen LogP contribution in [0.2, 0.25) is 0 Å². The highest BCUT2D eigenvalue weighted by molar-refractivity contribution is 5.89. The molecule has 2 unspecified atom stereocenters. The van der Waals surface area contributed by atoms with Gasteiger partial charge in [-0.1, -0.05) is 48.0 Å². The predicted octanol–water partition coefficient (Wildman–Crippen LogP) is 6.47. The molecule has 5 nitrogen and oxygen atoms in total. The molecule has 0 spiro atoms. The lowest BCUT2D eigenvalue weighted by Gasteiger charge is -2.44. The average Bonchev–Trinajstić information content (AvgIpc) is 2.81. The third-order valence-corrected chi connectivity index (χ3v) is 5.93. The standard InChI is InChI=1S/C29H33NO4/c1-19(2)32-26-24-17-23(30-18-21-13-11-20(3)12-14-21)15-16-25(24)34-29(4,5)27(26)33-28(31)22-9-7-6-8-10-22/h6-17,19,26-27,30H,18H2,1-5H3. The number of hydrogen-bond acceptors (Lipinski definition) is 5. The molecule has 2 atom stereocenters. The van der Waals surface area contributed by atoms with E-state index in [0.29, 0.717) is 12.1 Å². The Morgan fingerprint density at radius 2 is 1.74 bits per heavy atom. The fourth-order valence-corrected chi connectivity index (χ4v) is 4.15. The first kappa shape index (κ1) is 23.8. The van der Waals surface area contributed by atoms with Gasteiger partial charge in [-0.05, 0) is 70.5 Å². The minimum absolute atomic E-state index is 0.0612. The predicted molar refractivity (Wildman–Crippen MR) is 134 cm³/mol. The van der Waals surface area contributed by atoms with Crippen LogP contribution in [0, 0.1) is 6.92 Å². The Morgan fingerprint density at radius 3 is 2.41 bits per heavy atom. The number of carbonyl (C=O) groups excluding carboxylic acids is 1. The fraction of sp³-hybridized carbons (Fsp3) is 0.345. The van der Waals surface area contributed by atoms with Crippen molar-refractivity contribution < 1.29 is 19.0 Å². The SMILES string of the molecule is Cc1ccc(CNc2ccc3c(c2)C(OC(C)C)C(OC(=O)c2ccccc2)C(C)(C)O3)cc1. The van der Waals surface area contributed by atoms with Crippen molar-refractivity contribution in [1.82, 2.24) is 0 Å². The number of ether oxygens (including phenoxy) is 3. The van der Waals surface area contributed by atoms with Crippen LogP contribution in [0.1, 0.15) is 60.8 Å². The Hall–Kier alpha value is -3.31. The molecular weight excluding hydrogens is 426 g/mol. The second-order valence-corrected chi connectivity index (χ2v) is 9.59. The van der Waals surface area contributed by atoms with Crippen LogP contribution in [0.15, 0.2) is 72.8 Å². The van der Waals surface area contributed by atoms with Crippen molar-refractivity contribution in [3.8, 4) is 5.75 Å². The van der Waals surface area contributed by atoms with Crippen LogP contribution in [0.4, 0.5) is 5.69 Å². The van der Waals surface area contributed by atoms with Gasteiger partial charge in [0, 0.05) is 17.8 Å². The first-order valence-electron chi connectivity index (χ1n) is 11.8. The van der Waals surface area contributed by atoms with Gasteiger partial charge in [0.2, 0.25) is 0 Å². The Bertz CT molecular complexity index is 1120. The lowest BCUT2D eigenvalue weighted by Crippen LogP contribution is -2.52. The van der Waals surface area contributed by atoms with Crippen molar-refractivity contribution in [2.24, 2.45) is 0 Å². The van der Waals surface area contributed by atoms with Gasteiger partial charge < -0.3 is 19.5 Å². The van der Waals surface area contributed by atoms with Crippen LogP contribution >= 0.6 is 0 Å². The Balaban J connectivity index is 1.62. The molecule has 1 heterocycles. The second-order valence-electron chi connectivity index (χ2n) is 9.59. The lowest BCUT2D eigenvalue weighted by molar-refractivity contribution is -0.151. The molecule has 0 amide bonds. The summed E-state index contributed by atoms with van der Waals surface area (Å²) in [5.41, 5.74) is 3.99. The summed E-state index contributed by atoms with van der Waals surface area (Å²) in [5.74, 6) is 0.347. The molecule has 1 aliphatic rings. The zero-order valence-corrected chi connectivity index (χ0v) is 20.5. The summed E-state index contributed by atoms with van der Waals surface area (Å²) < 4.78 is 18.7. The smallest absolute Gasteiger partial charge is 0.338 e. The summed E-state index contributed by atoms with van der Waals surface area (Å²) in [7, 11) is 0. The molecule has 3 aromatic carbocycles. The van der Waals surface area contributed by atoms with Crippen LogP contribution in [0.25, 0.3) is 0 Å². The Kier molecular flexibility index (Phi) is 6.94. The van der Waals surface area contributed by atoms with E-state index in [1.54, 1.807) is 12.1 Å². The summed E-state index contributed by atoms with van der Waals surface area (Å²) in [6, 6.07) is 23.5. The van der Waals surface area contributed by atoms with Crippen LogP contribution in [0.5, 0.6) is 5.75 Å². The van der Waals surface area contributed by atoms with E-state index in [1.807, 2.05) is 64.1 Å². The van der Waals surface area contributed by atoms with Crippen molar-refractivity contribution in [2.75, 3.05) is 5.32 Å². The largest absolute Gasteiger partial charge is 0.483 e. The van der Waals surface area contributed by atoms with Crippen LogP contribution < -0.4 is 10.1 Å². The number of rotatable bonds is 7. The Labute approximate surface area is 202 Å². The zero-order chi connectivity index (χ0) is 24.3. The van der Waals surface area contributed by atoms with Crippen molar-refractivity contribution in [3.05, 3.63) is 95.1 Å². The topological polar surface area (TPSA) is 56.8 Å². The van der Waals surface area contributed by atoms with Gasteiger partial charge in [-0.25, -0.2) is 4.79 Å². The zero-order valence-electron chi connectivity index (χ0n) is 20.5. The summed E-state index contributed by atoms with van der Waals surface area (Å²) in [4.78, 5) is 12.9. The highest BCUT2D eigenvalue weighted by Gasteiger charge is 2.48. The lowest BCUT2D eigenvalue weighted by atomic mass is 9.87. The molecular formula is C29H33NO4. The van der Waals surface area contributed by atoms with Gasteiger partial charge in [0.15, 0.2) is 6.10 Å². The summed E-state index contributed by atoms with van der Waals surface area (Å²) in [6.07, 6.45) is -1.15. The van der Waals surface area contributed by atoms with E-state index in [-0.39, 0.29) is 6.10 Å². The second kappa shape index (κ2) is 9.90. The van der Waals surface area contributed by atoms with E-state index in [2.05, 4.69) is 36.5 Å². The van der Waals surface area contributed by atoms with Crippen molar-refractivity contribution >= 4 is 11.7 Å². The van der Waals surface area contributed by atoms with Crippen molar-refractivity contribution in [3.63, 3.8) is 0 Å². The molecule has 0 saturated carbocycles. The molecule has 4 rings (SSSR count). The maximum Gasteiger partial charge on any atom is 0.338 e.